The summed E-state index contributed by atoms with van der Waals surface area (Å²) in [5.74, 6) is 0.237. The fourth-order valence-electron chi connectivity index (χ4n) is 3.04. The van der Waals surface area contributed by atoms with Gasteiger partial charge in [-0.05, 0) is 18.8 Å². The van der Waals surface area contributed by atoms with Crippen LogP contribution in [0.15, 0.2) is 4.79 Å². The molecule has 0 radical (unpaired) electrons. The van der Waals surface area contributed by atoms with E-state index in [4.69, 9.17) is 4.74 Å². The number of hydrogen-bond acceptors (Lipinski definition) is 4. The standard InChI is InChI=1S/C15H24N2O3/c1-10(2)11-12(18)16-14(17-13(11)19)15(20-3)8-6-4-5-7-9-15/h10H,4-9H2,1-3H3,(H2,16,17,18,19). The molecule has 5 heteroatoms. The number of ether oxygens (including phenoxy) is 1. The minimum Gasteiger partial charge on any atom is -0.493 e. The van der Waals surface area contributed by atoms with Crippen molar-refractivity contribution in [1.82, 2.24) is 9.97 Å². The Kier molecular flexibility index (Phi) is 4.48. The van der Waals surface area contributed by atoms with Crippen LogP contribution in [0.25, 0.3) is 0 Å². The molecule has 1 fully saturated rings. The first-order valence-electron chi connectivity index (χ1n) is 7.39. The molecule has 1 aromatic heterocycles. The van der Waals surface area contributed by atoms with Crippen LogP contribution in [-0.2, 0) is 10.3 Å². The zero-order valence-corrected chi connectivity index (χ0v) is 12.5. The normalized spacial score (nSPS) is 19.0. The van der Waals surface area contributed by atoms with Gasteiger partial charge in [0.2, 0.25) is 5.88 Å². The zero-order valence-electron chi connectivity index (χ0n) is 12.5. The highest BCUT2D eigenvalue weighted by Crippen LogP contribution is 2.37. The summed E-state index contributed by atoms with van der Waals surface area (Å²) in [5.41, 5.74) is -0.486. The molecule has 0 saturated heterocycles. The van der Waals surface area contributed by atoms with E-state index in [9.17, 15) is 9.90 Å². The molecule has 1 saturated carbocycles. The Hall–Kier alpha value is -1.36. The van der Waals surface area contributed by atoms with Crippen molar-refractivity contribution in [3.63, 3.8) is 0 Å². The first-order chi connectivity index (χ1) is 9.50. The molecular weight excluding hydrogens is 256 g/mol. The fraction of sp³-hybridized carbons (Fsp3) is 0.733. The quantitative estimate of drug-likeness (QED) is 0.835. The van der Waals surface area contributed by atoms with Gasteiger partial charge < -0.3 is 14.8 Å². The van der Waals surface area contributed by atoms with Gasteiger partial charge in [-0.1, -0.05) is 39.5 Å². The van der Waals surface area contributed by atoms with E-state index in [1.807, 2.05) is 13.8 Å². The van der Waals surface area contributed by atoms with E-state index in [0.29, 0.717) is 11.4 Å². The van der Waals surface area contributed by atoms with Crippen LogP contribution >= 0.6 is 0 Å². The lowest BCUT2D eigenvalue weighted by Crippen LogP contribution is -2.33. The van der Waals surface area contributed by atoms with Crippen LogP contribution in [-0.4, -0.2) is 22.2 Å². The second-order valence-corrected chi connectivity index (χ2v) is 5.92. The summed E-state index contributed by atoms with van der Waals surface area (Å²) in [4.78, 5) is 19.3. The number of H-pyrrole nitrogens is 1. The summed E-state index contributed by atoms with van der Waals surface area (Å²) in [6.07, 6.45) is 6.09. The van der Waals surface area contributed by atoms with Crippen LogP contribution in [0.4, 0.5) is 0 Å². The molecule has 1 aliphatic carbocycles. The molecule has 0 unspecified atom stereocenters. The number of aromatic hydroxyl groups is 1. The van der Waals surface area contributed by atoms with E-state index in [1.54, 1.807) is 7.11 Å². The topological polar surface area (TPSA) is 75.2 Å². The maximum atomic E-state index is 12.2. The number of hydrogen-bond donors (Lipinski definition) is 2. The molecule has 20 heavy (non-hydrogen) atoms. The highest BCUT2D eigenvalue weighted by molar-refractivity contribution is 5.27. The van der Waals surface area contributed by atoms with Crippen molar-refractivity contribution in [2.75, 3.05) is 7.11 Å². The lowest BCUT2D eigenvalue weighted by Gasteiger charge is -2.30. The first kappa shape index (κ1) is 15.0. The molecule has 0 aliphatic heterocycles. The molecule has 1 aliphatic rings. The molecule has 0 bridgehead atoms. The van der Waals surface area contributed by atoms with Gasteiger partial charge in [0.15, 0.2) is 0 Å². The molecule has 0 amide bonds. The van der Waals surface area contributed by atoms with Crippen molar-refractivity contribution in [2.45, 2.75) is 63.9 Å². The third kappa shape index (κ3) is 2.73. The van der Waals surface area contributed by atoms with E-state index in [2.05, 4.69) is 9.97 Å². The molecule has 0 atom stereocenters. The number of nitrogens with one attached hydrogen (secondary N) is 1. The maximum Gasteiger partial charge on any atom is 0.258 e. The SMILES string of the molecule is COC1(c2nc(O)c(C(C)C)c(=O)[nH]2)CCCCCC1. The van der Waals surface area contributed by atoms with Gasteiger partial charge in [-0.25, -0.2) is 0 Å². The van der Waals surface area contributed by atoms with Gasteiger partial charge in [0.1, 0.15) is 11.4 Å². The second-order valence-electron chi connectivity index (χ2n) is 5.92. The van der Waals surface area contributed by atoms with E-state index >= 15 is 0 Å². The highest BCUT2D eigenvalue weighted by Gasteiger charge is 2.36. The third-order valence-corrected chi connectivity index (χ3v) is 4.25. The van der Waals surface area contributed by atoms with Gasteiger partial charge in [0.25, 0.3) is 5.56 Å². The van der Waals surface area contributed by atoms with E-state index in [1.165, 1.54) is 12.8 Å². The summed E-state index contributed by atoms with van der Waals surface area (Å²) in [6.45, 7) is 3.73. The van der Waals surface area contributed by atoms with Gasteiger partial charge in [0, 0.05) is 7.11 Å². The van der Waals surface area contributed by atoms with Gasteiger partial charge in [-0.15, -0.1) is 0 Å². The molecular formula is C15H24N2O3. The number of nitrogens with zero attached hydrogens (tertiary/aromatic N) is 1. The van der Waals surface area contributed by atoms with E-state index in [0.717, 1.165) is 25.7 Å². The Morgan fingerprint density at radius 3 is 2.30 bits per heavy atom. The maximum absolute atomic E-state index is 12.2. The van der Waals surface area contributed by atoms with Crippen molar-refractivity contribution in [2.24, 2.45) is 0 Å². The van der Waals surface area contributed by atoms with Crippen molar-refractivity contribution >= 4 is 0 Å². The average molecular weight is 280 g/mol. The molecule has 2 N–H and O–H groups in total. The summed E-state index contributed by atoms with van der Waals surface area (Å²) in [5, 5.41) is 10.1. The van der Waals surface area contributed by atoms with Crippen LogP contribution in [0.2, 0.25) is 0 Å². The first-order valence-corrected chi connectivity index (χ1v) is 7.39. The summed E-state index contributed by atoms with van der Waals surface area (Å²) < 4.78 is 5.71. The Balaban J connectivity index is 2.48. The summed E-state index contributed by atoms with van der Waals surface area (Å²) in [6, 6.07) is 0. The van der Waals surface area contributed by atoms with Crippen LogP contribution in [0.1, 0.15) is 69.7 Å². The van der Waals surface area contributed by atoms with Crippen LogP contribution < -0.4 is 5.56 Å². The summed E-state index contributed by atoms with van der Waals surface area (Å²) >= 11 is 0. The second kappa shape index (κ2) is 5.95. The predicted octanol–water partition coefficient (Wildman–Crippen LogP) is 2.79. The molecule has 112 valence electrons. The molecule has 0 spiro atoms. The van der Waals surface area contributed by atoms with E-state index in [-0.39, 0.29) is 17.4 Å². The number of aromatic amines is 1. The van der Waals surface area contributed by atoms with Crippen LogP contribution in [0.5, 0.6) is 5.88 Å². The smallest absolute Gasteiger partial charge is 0.258 e. The minimum atomic E-state index is -0.567. The largest absolute Gasteiger partial charge is 0.493 e. The lowest BCUT2D eigenvalue weighted by molar-refractivity contribution is -0.0357. The minimum absolute atomic E-state index is 0.0621. The molecule has 1 heterocycles. The molecule has 1 aromatic rings. The Labute approximate surface area is 119 Å². The number of rotatable bonds is 3. The van der Waals surface area contributed by atoms with Gasteiger partial charge in [-0.3, -0.25) is 4.79 Å². The number of aromatic nitrogens is 2. The van der Waals surface area contributed by atoms with Crippen molar-refractivity contribution in [3.8, 4) is 5.88 Å². The van der Waals surface area contributed by atoms with Crippen LogP contribution in [0.3, 0.4) is 0 Å². The van der Waals surface area contributed by atoms with Crippen molar-refractivity contribution < 1.29 is 9.84 Å². The number of methoxy groups -OCH3 is 1. The monoisotopic (exact) mass is 280 g/mol. The predicted molar refractivity (Wildman–Crippen MR) is 77.0 cm³/mol. The van der Waals surface area contributed by atoms with Gasteiger partial charge in [0.05, 0.1) is 5.56 Å². The molecule has 5 nitrogen and oxygen atoms in total. The Bertz CT molecular complexity index is 514. The zero-order chi connectivity index (χ0) is 14.8. The molecule has 0 aromatic carbocycles. The van der Waals surface area contributed by atoms with Gasteiger partial charge in [-0.2, -0.15) is 4.98 Å². The van der Waals surface area contributed by atoms with Crippen LogP contribution in [0, 0.1) is 0 Å². The Morgan fingerprint density at radius 2 is 1.85 bits per heavy atom. The van der Waals surface area contributed by atoms with Gasteiger partial charge >= 0.3 is 0 Å². The van der Waals surface area contributed by atoms with Crippen molar-refractivity contribution in [3.05, 3.63) is 21.7 Å². The fourth-order valence-corrected chi connectivity index (χ4v) is 3.04. The van der Waals surface area contributed by atoms with Crippen molar-refractivity contribution in [1.29, 1.82) is 0 Å². The molecule has 2 rings (SSSR count). The van der Waals surface area contributed by atoms with E-state index < -0.39 is 5.60 Å². The lowest BCUT2D eigenvalue weighted by atomic mass is 9.92. The average Bonchev–Trinajstić information content (AvgIpc) is 2.63. The highest BCUT2D eigenvalue weighted by atomic mass is 16.5. The Morgan fingerprint density at radius 1 is 1.25 bits per heavy atom. The summed E-state index contributed by atoms with van der Waals surface area (Å²) in [7, 11) is 1.65. The third-order valence-electron chi connectivity index (χ3n) is 4.25.